The first-order valence-electron chi connectivity index (χ1n) is 6.60. The Hall–Kier alpha value is -2.27. The van der Waals surface area contributed by atoms with Crippen molar-refractivity contribution in [1.29, 1.82) is 0 Å². The Kier molecular flexibility index (Phi) is 5.00. The summed E-state index contributed by atoms with van der Waals surface area (Å²) in [7, 11) is 1.83. The molecule has 0 radical (unpaired) electrons. The number of carbonyl (C=O) groups is 1. The third-order valence-electron chi connectivity index (χ3n) is 3.03. The van der Waals surface area contributed by atoms with E-state index >= 15 is 0 Å². The van der Waals surface area contributed by atoms with Gasteiger partial charge in [0.2, 0.25) is 0 Å². The molecule has 2 rings (SSSR count). The molecular weight excluding hydrogens is 274 g/mol. The number of benzene rings is 2. The van der Waals surface area contributed by atoms with Gasteiger partial charge in [-0.1, -0.05) is 18.2 Å². The van der Waals surface area contributed by atoms with E-state index in [9.17, 15) is 13.6 Å². The predicted octanol–water partition coefficient (Wildman–Crippen LogP) is 2.98. The topological polar surface area (TPSA) is 41.1 Å². The zero-order chi connectivity index (χ0) is 15.2. The van der Waals surface area contributed by atoms with Crippen molar-refractivity contribution in [3.63, 3.8) is 0 Å². The smallest absolute Gasteiger partial charge is 0.255 e. The van der Waals surface area contributed by atoms with E-state index in [0.717, 1.165) is 30.3 Å². The highest BCUT2D eigenvalue weighted by atomic mass is 19.1. The van der Waals surface area contributed by atoms with Gasteiger partial charge in [-0.2, -0.15) is 0 Å². The lowest BCUT2D eigenvalue weighted by Gasteiger charge is -2.10. The Morgan fingerprint density at radius 1 is 1.10 bits per heavy atom. The average molecular weight is 290 g/mol. The first-order chi connectivity index (χ1) is 10.1. The lowest BCUT2D eigenvalue weighted by molar-refractivity contribution is 0.102. The molecule has 0 saturated heterocycles. The molecule has 2 N–H and O–H groups in total. The maximum absolute atomic E-state index is 13.1. The second-order valence-corrected chi connectivity index (χ2v) is 4.62. The van der Waals surface area contributed by atoms with Crippen LogP contribution in [0.1, 0.15) is 15.9 Å². The van der Waals surface area contributed by atoms with Gasteiger partial charge in [-0.15, -0.1) is 0 Å². The maximum Gasteiger partial charge on any atom is 0.255 e. The van der Waals surface area contributed by atoms with Gasteiger partial charge in [0.15, 0.2) is 0 Å². The standard InChI is InChI=1S/C16H16F2N2O/c1-19-7-6-11-4-2-3-5-15(11)16(21)20-14-9-12(17)8-13(18)10-14/h2-5,8-10,19H,6-7H2,1H3,(H,20,21). The van der Waals surface area contributed by atoms with Crippen LogP contribution in [0.5, 0.6) is 0 Å². The van der Waals surface area contributed by atoms with E-state index in [1.165, 1.54) is 0 Å². The number of hydrogen-bond acceptors (Lipinski definition) is 2. The van der Waals surface area contributed by atoms with Gasteiger partial charge in [0, 0.05) is 17.3 Å². The van der Waals surface area contributed by atoms with Crippen LogP contribution in [-0.2, 0) is 6.42 Å². The Morgan fingerprint density at radius 2 is 1.76 bits per heavy atom. The molecule has 0 bridgehead atoms. The second kappa shape index (κ2) is 6.95. The third kappa shape index (κ3) is 4.10. The Morgan fingerprint density at radius 3 is 2.43 bits per heavy atom. The molecule has 110 valence electrons. The first kappa shape index (κ1) is 15.1. The van der Waals surface area contributed by atoms with E-state index in [-0.39, 0.29) is 11.6 Å². The summed E-state index contributed by atoms with van der Waals surface area (Å²) in [5.41, 5.74) is 1.47. The van der Waals surface area contributed by atoms with Crippen LogP contribution in [0.25, 0.3) is 0 Å². The number of hydrogen-bond donors (Lipinski definition) is 2. The van der Waals surface area contributed by atoms with Crippen molar-refractivity contribution in [2.24, 2.45) is 0 Å². The van der Waals surface area contributed by atoms with Crippen molar-refractivity contribution in [2.45, 2.75) is 6.42 Å². The van der Waals surface area contributed by atoms with Crippen molar-refractivity contribution >= 4 is 11.6 Å². The number of halogens is 2. The van der Waals surface area contributed by atoms with Crippen LogP contribution in [-0.4, -0.2) is 19.5 Å². The van der Waals surface area contributed by atoms with Crippen molar-refractivity contribution in [2.75, 3.05) is 18.9 Å². The largest absolute Gasteiger partial charge is 0.322 e. The summed E-state index contributed by atoms with van der Waals surface area (Å²) in [6.45, 7) is 0.735. The van der Waals surface area contributed by atoms with Crippen LogP contribution in [0.3, 0.4) is 0 Å². The number of nitrogens with one attached hydrogen (secondary N) is 2. The summed E-state index contributed by atoms with van der Waals surface area (Å²) in [5.74, 6) is -1.84. The van der Waals surface area contributed by atoms with Crippen molar-refractivity contribution in [3.8, 4) is 0 Å². The van der Waals surface area contributed by atoms with Crippen LogP contribution in [0.15, 0.2) is 42.5 Å². The molecule has 0 aromatic heterocycles. The van der Waals surface area contributed by atoms with E-state index < -0.39 is 11.6 Å². The minimum Gasteiger partial charge on any atom is -0.322 e. The molecule has 21 heavy (non-hydrogen) atoms. The highest BCUT2D eigenvalue weighted by Crippen LogP contribution is 2.16. The SMILES string of the molecule is CNCCc1ccccc1C(=O)Nc1cc(F)cc(F)c1. The molecule has 3 nitrogen and oxygen atoms in total. The molecule has 0 aliphatic rings. The van der Waals surface area contributed by atoms with Gasteiger partial charge in [-0.25, -0.2) is 8.78 Å². The van der Waals surface area contributed by atoms with E-state index in [1.807, 2.05) is 19.2 Å². The van der Waals surface area contributed by atoms with Gasteiger partial charge in [0.05, 0.1) is 0 Å². The molecule has 2 aromatic carbocycles. The van der Waals surface area contributed by atoms with Gasteiger partial charge in [-0.3, -0.25) is 4.79 Å². The summed E-state index contributed by atoms with van der Waals surface area (Å²) in [5, 5.41) is 5.53. The number of carbonyl (C=O) groups excluding carboxylic acids is 1. The fourth-order valence-corrected chi connectivity index (χ4v) is 2.04. The molecule has 0 aliphatic heterocycles. The van der Waals surface area contributed by atoms with E-state index in [0.29, 0.717) is 12.0 Å². The first-order valence-corrected chi connectivity index (χ1v) is 6.60. The lowest BCUT2D eigenvalue weighted by Crippen LogP contribution is -2.17. The molecule has 0 saturated carbocycles. The van der Waals surface area contributed by atoms with Crippen LogP contribution < -0.4 is 10.6 Å². The zero-order valence-electron chi connectivity index (χ0n) is 11.6. The highest BCUT2D eigenvalue weighted by Gasteiger charge is 2.11. The van der Waals surface area contributed by atoms with E-state index in [2.05, 4.69) is 10.6 Å². The van der Waals surface area contributed by atoms with Gasteiger partial charge < -0.3 is 10.6 Å². The number of anilines is 1. The molecule has 0 fully saturated rings. The summed E-state index contributed by atoms with van der Waals surface area (Å²) in [6.07, 6.45) is 0.692. The fraction of sp³-hybridized carbons (Fsp3) is 0.188. The summed E-state index contributed by atoms with van der Waals surface area (Å²) in [4.78, 5) is 12.2. The molecule has 2 aromatic rings. The molecule has 5 heteroatoms. The summed E-state index contributed by atoms with van der Waals surface area (Å²) < 4.78 is 26.3. The lowest BCUT2D eigenvalue weighted by atomic mass is 10.0. The Bertz CT molecular complexity index is 624. The third-order valence-corrected chi connectivity index (χ3v) is 3.03. The number of amides is 1. The van der Waals surface area contributed by atoms with Crippen molar-refractivity contribution in [3.05, 3.63) is 65.2 Å². The van der Waals surface area contributed by atoms with E-state index in [4.69, 9.17) is 0 Å². The molecule has 0 spiro atoms. The fourth-order valence-electron chi connectivity index (χ4n) is 2.04. The second-order valence-electron chi connectivity index (χ2n) is 4.62. The number of rotatable bonds is 5. The zero-order valence-corrected chi connectivity index (χ0v) is 11.6. The van der Waals surface area contributed by atoms with Crippen LogP contribution >= 0.6 is 0 Å². The monoisotopic (exact) mass is 290 g/mol. The van der Waals surface area contributed by atoms with Crippen LogP contribution in [0.4, 0.5) is 14.5 Å². The van der Waals surface area contributed by atoms with Crippen molar-refractivity contribution < 1.29 is 13.6 Å². The normalized spacial score (nSPS) is 10.4. The molecule has 0 atom stereocenters. The molecular formula is C16H16F2N2O. The summed E-state index contributed by atoms with van der Waals surface area (Å²) in [6, 6.07) is 10.1. The minimum atomic E-state index is -0.728. The van der Waals surface area contributed by atoms with Gasteiger partial charge in [0.1, 0.15) is 11.6 Å². The molecule has 1 amide bonds. The minimum absolute atomic E-state index is 0.0981. The quantitative estimate of drug-likeness (QED) is 0.889. The van der Waals surface area contributed by atoms with Crippen molar-refractivity contribution in [1.82, 2.24) is 5.32 Å². The van der Waals surface area contributed by atoms with E-state index in [1.54, 1.807) is 12.1 Å². The maximum atomic E-state index is 13.1. The van der Waals surface area contributed by atoms with Gasteiger partial charge >= 0.3 is 0 Å². The van der Waals surface area contributed by atoms with Gasteiger partial charge in [-0.05, 0) is 43.8 Å². The predicted molar refractivity (Wildman–Crippen MR) is 78.4 cm³/mol. The molecule has 0 unspecified atom stereocenters. The number of likely N-dealkylation sites (N-methyl/N-ethyl adjacent to an activating group) is 1. The Balaban J connectivity index is 2.20. The Labute approximate surface area is 122 Å². The average Bonchev–Trinajstić information content (AvgIpc) is 2.44. The highest BCUT2D eigenvalue weighted by molar-refractivity contribution is 6.05. The molecule has 0 heterocycles. The summed E-state index contributed by atoms with van der Waals surface area (Å²) >= 11 is 0. The van der Waals surface area contributed by atoms with Gasteiger partial charge in [0.25, 0.3) is 5.91 Å². The molecule has 0 aliphatic carbocycles. The van der Waals surface area contributed by atoms with Crippen LogP contribution in [0, 0.1) is 11.6 Å². The van der Waals surface area contributed by atoms with Crippen LogP contribution in [0.2, 0.25) is 0 Å².